The first-order chi connectivity index (χ1) is 8.56. The fourth-order valence-electron chi connectivity index (χ4n) is 1.53. The average molecular weight is 255 g/mol. The van der Waals surface area contributed by atoms with Crippen molar-refractivity contribution in [2.45, 2.75) is 32.4 Å². The van der Waals surface area contributed by atoms with Crippen molar-refractivity contribution in [1.29, 1.82) is 0 Å². The highest BCUT2D eigenvalue weighted by Crippen LogP contribution is 1.96. The van der Waals surface area contributed by atoms with E-state index in [1.807, 2.05) is 6.92 Å². The molecule has 0 aliphatic heterocycles. The Morgan fingerprint density at radius 1 is 1.50 bits per heavy atom. The molecule has 0 aromatic carbocycles. The Morgan fingerprint density at radius 3 is 2.83 bits per heavy atom. The van der Waals surface area contributed by atoms with Gasteiger partial charge in [-0.3, -0.25) is 19.5 Å². The Hall–Kier alpha value is -1.89. The summed E-state index contributed by atoms with van der Waals surface area (Å²) in [5.74, 6) is -0.376. The molecule has 0 aliphatic carbocycles. The number of aliphatic hydroxyl groups is 1. The summed E-state index contributed by atoms with van der Waals surface area (Å²) >= 11 is 0. The standard InChI is InChI=1S/C11H17N3O4/c1-2-8(5-6-15)12-10(17)7-14-11(18)4-3-9(16)13-14/h3-4,8,15H,2,5-7H2,1H3,(H,12,17)(H,13,16). The van der Waals surface area contributed by atoms with Gasteiger partial charge < -0.3 is 10.4 Å². The number of nitrogens with zero attached hydrogens (tertiary/aromatic N) is 1. The zero-order valence-electron chi connectivity index (χ0n) is 10.2. The van der Waals surface area contributed by atoms with Crippen molar-refractivity contribution in [1.82, 2.24) is 15.1 Å². The summed E-state index contributed by atoms with van der Waals surface area (Å²) in [6.45, 7) is 1.63. The molecule has 18 heavy (non-hydrogen) atoms. The predicted octanol–water partition coefficient (Wildman–Crippen LogP) is -1.19. The number of aromatic nitrogens is 2. The highest BCUT2D eigenvalue weighted by molar-refractivity contribution is 5.75. The monoisotopic (exact) mass is 255 g/mol. The van der Waals surface area contributed by atoms with Crippen LogP contribution in [0.1, 0.15) is 19.8 Å². The van der Waals surface area contributed by atoms with Crippen LogP contribution >= 0.6 is 0 Å². The van der Waals surface area contributed by atoms with E-state index in [0.717, 1.165) is 16.8 Å². The molecule has 1 rings (SSSR count). The molecule has 1 amide bonds. The number of rotatable bonds is 6. The number of hydrogen-bond donors (Lipinski definition) is 3. The van der Waals surface area contributed by atoms with Crippen molar-refractivity contribution in [3.8, 4) is 0 Å². The Balaban J connectivity index is 2.67. The Kier molecular flexibility index (Phi) is 5.31. The van der Waals surface area contributed by atoms with E-state index < -0.39 is 11.1 Å². The lowest BCUT2D eigenvalue weighted by molar-refractivity contribution is -0.122. The normalized spacial score (nSPS) is 12.1. The van der Waals surface area contributed by atoms with Crippen LogP contribution < -0.4 is 16.4 Å². The van der Waals surface area contributed by atoms with Gasteiger partial charge in [0.25, 0.3) is 11.1 Å². The number of amides is 1. The van der Waals surface area contributed by atoms with Gasteiger partial charge in [0.15, 0.2) is 0 Å². The minimum atomic E-state index is -0.444. The van der Waals surface area contributed by atoms with E-state index in [4.69, 9.17) is 5.11 Å². The minimum absolute atomic E-state index is 0.0130. The number of nitrogens with one attached hydrogen (secondary N) is 2. The summed E-state index contributed by atoms with van der Waals surface area (Å²) in [7, 11) is 0. The molecule has 7 nitrogen and oxygen atoms in total. The molecule has 1 aromatic rings. The molecule has 1 atom stereocenters. The summed E-state index contributed by atoms with van der Waals surface area (Å²) in [4.78, 5) is 34.0. The maximum absolute atomic E-state index is 11.6. The van der Waals surface area contributed by atoms with E-state index >= 15 is 0 Å². The predicted molar refractivity (Wildman–Crippen MR) is 65.2 cm³/mol. The molecule has 100 valence electrons. The van der Waals surface area contributed by atoms with Crippen LogP contribution in [0.3, 0.4) is 0 Å². The molecule has 3 N–H and O–H groups in total. The van der Waals surface area contributed by atoms with Crippen molar-refractivity contribution in [3.63, 3.8) is 0 Å². The molecular weight excluding hydrogens is 238 g/mol. The van der Waals surface area contributed by atoms with Gasteiger partial charge in [0.05, 0.1) is 0 Å². The lowest BCUT2D eigenvalue weighted by Crippen LogP contribution is -2.40. The van der Waals surface area contributed by atoms with E-state index in [0.29, 0.717) is 12.8 Å². The summed E-state index contributed by atoms with van der Waals surface area (Å²) in [6.07, 6.45) is 1.15. The van der Waals surface area contributed by atoms with E-state index in [-0.39, 0.29) is 25.1 Å². The third-order valence-corrected chi connectivity index (χ3v) is 2.53. The van der Waals surface area contributed by atoms with Crippen LogP contribution in [0.2, 0.25) is 0 Å². The SMILES string of the molecule is CCC(CCO)NC(=O)Cn1[nH]c(=O)ccc1=O. The number of aliphatic hydroxyl groups excluding tert-OH is 1. The Morgan fingerprint density at radius 2 is 2.22 bits per heavy atom. The van der Waals surface area contributed by atoms with Crippen LogP contribution in [0.15, 0.2) is 21.7 Å². The second-order valence-corrected chi connectivity index (χ2v) is 3.92. The van der Waals surface area contributed by atoms with Crippen LogP contribution in [0.5, 0.6) is 0 Å². The van der Waals surface area contributed by atoms with Gasteiger partial charge in [-0.1, -0.05) is 6.92 Å². The molecule has 0 aliphatic rings. The lowest BCUT2D eigenvalue weighted by Gasteiger charge is -2.15. The van der Waals surface area contributed by atoms with E-state index in [2.05, 4.69) is 10.4 Å². The zero-order valence-corrected chi connectivity index (χ0v) is 10.2. The van der Waals surface area contributed by atoms with Gasteiger partial charge in [-0.15, -0.1) is 0 Å². The smallest absolute Gasteiger partial charge is 0.265 e. The molecule has 0 radical (unpaired) electrons. The molecule has 0 saturated heterocycles. The lowest BCUT2D eigenvalue weighted by atomic mass is 10.1. The summed E-state index contributed by atoms with van der Waals surface area (Å²) < 4.78 is 0.948. The van der Waals surface area contributed by atoms with Gasteiger partial charge >= 0.3 is 0 Å². The molecular formula is C11H17N3O4. The van der Waals surface area contributed by atoms with Gasteiger partial charge in [0.2, 0.25) is 5.91 Å². The van der Waals surface area contributed by atoms with Gasteiger partial charge in [0.1, 0.15) is 6.54 Å². The molecule has 0 spiro atoms. The second-order valence-electron chi connectivity index (χ2n) is 3.92. The highest BCUT2D eigenvalue weighted by Gasteiger charge is 2.11. The number of aromatic amines is 1. The topological polar surface area (TPSA) is 104 Å². The van der Waals surface area contributed by atoms with Crippen molar-refractivity contribution in [3.05, 3.63) is 32.8 Å². The summed E-state index contributed by atoms with van der Waals surface area (Å²) in [6, 6.07) is 2.09. The molecule has 0 fully saturated rings. The molecule has 7 heteroatoms. The maximum atomic E-state index is 11.6. The van der Waals surface area contributed by atoms with Gasteiger partial charge in [-0.2, -0.15) is 0 Å². The van der Waals surface area contributed by atoms with Gasteiger partial charge in [-0.05, 0) is 12.8 Å². The number of hydrogen-bond acceptors (Lipinski definition) is 4. The summed E-state index contributed by atoms with van der Waals surface area (Å²) in [5.41, 5.74) is -0.884. The Labute approximate surface area is 103 Å². The fourth-order valence-corrected chi connectivity index (χ4v) is 1.53. The number of carbonyl (C=O) groups is 1. The quantitative estimate of drug-likeness (QED) is 0.594. The van der Waals surface area contributed by atoms with Crippen molar-refractivity contribution in [2.75, 3.05) is 6.61 Å². The van der Waals surface area contributed by atoms with Crippen LogP contribution in [0, 0.1) is 0 Å². The summed E-state index contributed by atoms with van der Waals surface area (Å²) in [5, 5.41) is 13.7. The molecule has 1 unspecified atom stereocenters. The third-order valence-electron chi connectivity index (χ3n) is 2.53. The van der Waals surface area contributed by atoms with Crippen LogP contribution in [0.4, 0.5) is 0 Å². The molecule has 1 aromatic heterocycles. The zero-order chi connectivity index (χ0) is 13.5. The number of H-pyrrole nitrogens is 1. The second kappa shape index (κ2) is 6.75. The largest absolute Gasteiger partial charge is 0.396 e. The first-order valence-electron chi connectivity index (χ1n) is 5.77. The van der Waals surface area contributed by atoms with Crippen LogP contribution in [-0.2, 0) is 11.3 Å². The molecule has 0 bridgehead atoms. The van der Waals surface area contributed by atoms with Crippen LogP contribution in [-0.4, -0.2) is 33.4 Å². The maximum Gasteiger partial charge on any atom is 0.265 e. The van der Waals surface area contributed by atoms with Crippen molar-refractivity contribution >= 4 is 5.91 Å². The minimum Gasteiger partial charge on any atom is -0.396 e. The first-order valence-corrected chi connectivity index (χ1v) is 5.77. The fraction of sp³-hybridized carbons (Fsp3) is 0.545. The molecule has 1 heterocycles. The first kappa shape index (κ1) is 14.2. The van der Waals surface area contributed by atoms with Gasteiger partial charge in [-0.25, -0.2) is 4.68 Å². The highest BCUT2D eigenvalue weighted by atomic mass is 16.3. The van der Waals surface area contributed by atoms with Crippen LogP contribution in [0.25, 0.3) is 0 Å². The average Bonchev–Trinajstić information content (AvgIpc) is 2.33. The van der Waals surface area contributed by atoms with Crippen molar-refractivity contribution in [2.24, 2.45) is 0 Å². The third kappa shape index (κ3) is 4.17. The van der Waals surface area contributed by atoms with Crippen molar-refractivity contribution < 1.29 is 9.90 Å². The number of carbonyl (C=O) groups excluding carboxylic acids is 1. The van der Waals surface area contributed by atoms with E-state index in [1.165, 1.54) is 0 Å². The van der Waals surface area contributed by atoms with E-state index in [9.17, 15) is 14.4 Å². The Bertz CT molecular complexity index is 506. The molecule has 0 saturated carbocycles. The van der Waals surface area contributed by atoms with E-state index in [1.54, 1.807) is 0 Å². The van der Waals surface area contributed by atoms with Gasteiger partial charge in [0, 0.05) is 24.8 Å².